The first-order valence-electron chi connectivity index (χ1n) is 9.82. The predicted octanol–water partition coefficient (Wildman–Crippen LogP) is 2.16. The maximum absolute atomic E-state index is 13.1. The maximum Gasteiger partial charge on any atom is 0.322 e. The van der Waals surface area contributed by atoms with Crippen LogP contribution < -0.4 is 5.32 Å². The minimum atomic E-state index is -0.136. The van der Waals surface area contributed by atoms with E-state index in [0.717, 1.165) is 55.8 Å². The Kier molecular flexibility index (Phi) is 5.82. The third-order valence-corrected chi connectivity index (χ3v) is 5.26. The van der Waals surface area contributed by atoms with Gasteiger partial charge in [0.2, 0.25) is 0 Å². The van der Waals surface area contributed by atoms with Crippen molar-refractivity contribution in [3.63, 3.8) is 0 Å². The van der Waals surface area contributed by atoms with Crippen molar-refractivity contribution in [3.05, 3.63) is 30.1 Å². The van der Waals surface area contributed by atoms with Crippen LogP contribution in [-0.4, -0.2) is 69.6 Å². The summed E-state index contributed by atoms with van der Waals surface area (Å²) in [6.07, 6.45) is 5.80. The van der Waals surface area contributed by atoms with E-state index in [1.165, 1.54) is 6.33 Å². The quantitative estimate of drug-likeness (QED) is 0.818. The predicted molar refractivity (Wildman–Crippen MR) is 102 cm³/mol. The van der Waals surface area contributed by atoms with Crippen molar-refractivity contribution in [2.75, 3.05) is 31.6 Å². The summed E-state index contributed by atoms with van der Waals surface area (Å²) >= 11 is 0. The molecule has 0 saturated carbocycles. The lowest BCUT2D eigenvalue weighted by Crippen LogP contribution is -2.44. The van der Waals surface area contributed by atoms with Crippen molar-refractivity contribution in [3.8, 4) is 5.69 Å². The Morgan fingerprint density at radius 3 is 2.50 bits per heavy atom. The normalized spacial score (nSPS) is 21.8. The lowest BCUT2D eigenvalue weighted by atomic mass is 10.1. The monoisotopic (exact) mass is 386 g/mol. The second-order valence-corrected chi connectivity index (χ2v) is 7.36. The molecule has 1 aromatic heterocycles. The number of urea groups is 1. The van der Waals surface area contributed by atoms with E-state index in [4.69, 9.17) is 9.47 Å². The number of hydrogen-bond acceptors (Lipinski definition) is 6. The second kappa shape index (κ2) is 8.66. The SMILES string of the molecule is Cc1ccc(-n2cnnn2)cc1NC(=O)N(C[C@@H]1CCCO1)C[C@@H]1CCCO1. The standard InChI is InChI=1S/C19H26N6O3/c1-14-6-7-15(25-13-20-22-23-25)10-18(14)21-19(26)24(11-16-4-2-8-27-16)12-17-5-3-9-28-17/h6-7,10,13,16-17H,2-5,8-9,11-12H2,1H3,(H,21,26)/t16-,17-/m0/s1. The highest BCUT2D eigenvalue weighted by molar-refractivity contribution is 5.90. The molecule has 0 spiro atoms. The molecular formula is C19H26N6O3. The molecule has 150 valence electrons. The van der Waals surface area contributed by atoms with Gasteiger partial charge in [-0.05, 0) is 60.7 Å². The van der Waals surface area contributed by atoms with Gasteiger partial charge in [-0.3, -0.25) is 0 Å². The van der Waals surface area contributed by atoms with E-state index in [1.807, 2.05) is 30.0 Å². The summed E-state index contributed by atoms with van der Waals surface area (Å²) in [5.74, 6) is 0. The van der Waals surface area contributed by atoms with Crippen LogP contribution in [0.5, 0.6) is 0 Å². The number of carbonyl (C=O) groups is 1. The number of nitrogens with zero attached hydrogens (tertiary/aromatic N) is 5. The van der Waals surface area contributed by atoms with E-state index in [2.05, 4.69) is 20.8 Å². The van der Waals surface area contributed by atoms with Crippen LogP contribution >= 0.6 is 0 Å². The zero-order valence-electron chi connectivity index (χ0n) is 16.1. The summed E-state index contributed by atoms with van der Waals surface area (Å²) in [6.45, 7) is 4.67. The van der Waals surface area contributed by atoms with Crippen LogP contribution in [0.15, 0.2) is 24.5 Å². The molecule has 3 heterocycles. The van der Waals surface area contributed by atoms with E-state index in [0.29, 0.717) is 13.1 Å². The molecule has 2 saturated heterocycles. The highest BCUT2D eigenvalue weighted by Crippen LogP contribution is 2.21. The summed E-state index contributed by atoms with van der Waals surface area (Å²) in [5, 5.41) is 14.3. The molecule has 0 aliphatic carbocycles. The number of benzene rings is 1. The number of carbonyl (C=O) groups excluding carboxylic acids is 1. The van der Waals surface area contributed by atoms with Crippen molar-refractivity contribution >= 4 is 11.7 Å². The zero-order chi connectivity index (χ0) is 19.3. The first kappa shape index (κ1) is 18.8. The number of ether oxygens (including phenoxy) is 2. The van der Waals surface area contributed by atoms with Gasteiger partial charge in [-0.25, -0.2) is 9.48 Å². The van der Waals surface area contributed by atoms with Gasteiger partial charge in [0.1, 0.15) is 6.33 Å². The molecule has 2 aliphatic rings. The third kappa shape index (κ3) is 4.48. The van der Waals surface area contributed by atoms with Crippen LogP contribution in [-0.2, 0) is 9.47 Å². The zero-order valence-corrected chi connectivity index (χ0v) is 16.1. The van der Waals surface area contributed by atoms with Gasteiger partial charge in [0.25, 0.3) is 0 Å². The molecule has 0 bridgehead atoms. The summed E-state index contributed by atoms with van der Waals surface area (Å²) in [6, 6.07) is 5.59. The summed E-state index contributed by atoms with van der Waals surface area (Å²) in [5.41, 5.74) is 2.50. The van der Waals surface area contributed by atoms with E-state index in [9.17, 15) is 4.79 Å². The number of aromatic nitrogens is 4. The summed E-state index contributed by atoms with van der Waals surface area (Å²) in [4.78, 5) is 14.9. The number of aryl methyl sites for hydroxylation is 1. The van der Waals surface area contributed by atoms with Gasteiger partial charge in [-0.2, -0.15) is 0 Å². The average Bonchev–Trinajstić information content (AvgIpc) is 3.46. The highest BCUT2D eigenvalue weighted by atomic mass is 16.5. The molecular weight excluding hydrogens is 360 g/mol. The molecule has 9 nitrogen and oxygen atoms in total. The Labute approximate surface area is 164 Å². The molecule has 2 atom stereocenters. The Morgan fingerprint density at radius 2 is 1.93 bits per heavy atom. The van der Waals surface area contributed by atoms with E-state index < -0.39 is 0 Å². The molecule has 1 aromatic carbocycles. The summed E-state index contributed by atoms with van der Waals surface area (Å²) in [7, 11) is 0. The first-order valence-corrected chi connectivity index (χ1v) is 9.82. The molecule has 1 N–H and O–H groups in total. The molecule has 2 fully saturated rings. The number of anilines is 1. The topological polar surface area (TPSA) is 94.4 Å². The Morgan fingerprint density at radius 1 is 1.21 bits per heavy atom. The largest absolute Gasteiger partial charge is 0.376 e. The Hall–Kier alpha value is -2.52. The van der Waals surface area contributed by atoms with Crippen LogP contribution in [0.25, 0.3) is 5.69 Å². The first-order chi connectivity index (χ1) is 13.7. The van der Waals surface area contributed by atoms with Crippen LogP contribution in [0.1, 0.15) is 31.2 Å². The van der Waals surface area contributed by atoms with Gasteiger partial charge in [-0.15, -0.1) is 5.10 Å². The molecule has 2 amide bonds. The fourth-order valence-electron chi connectivity index (χ4n) is 3.67. The van der Waals surface area contributed by atoms with Crippen molar-refractivity contribution in [1.82, 2.24) is 25.1 Å². The smallest absolute Gasteiger partial charge is 0.322 e. The number of amides is 2. The maximum atomic E-state index is 13.1. The van der Waals surface area contributed by atoms with Gasteiger partial charge in [0.05, 0.1) is 17.9 Å². The Bertz CT molecular complexity index is 767. The van der Waals surface area contributed by atoms with Crippen molar-refractivity contribution in [2.24, 2.45) is 0 Å². The molecule has 0 radical (unpaired) electrons. The number of hydrogen-bond donors (Lipinski definition) is 1. The minimum Gasteiger partial charge on any atom is -0.376 e. The number of rotatable bonds is 6. The Balaban J connectivity index is 1.48. The van der Waals surface area contributed by atoms with E-state index >= 15 is 0 Å². The lowest BCUT2D eigenvalue weighted by Gasteiger charge is -2.28. The molecule has 2 aromatic rings. The van der Waals surface area contributed by atoms with Gasteiger partial charge in [0, 0.05) is 32.0 Å². The van der Waals surface area contributed by atoms with E-state index in [-0.39, 0.29) is 18.2 Å². The van der Waals surface area contributed by atoms with Gasteiger partial charge in [-0.1, -0.05) is 6.07 Å². The second-order valence-electron chi connectivity index (χ2n) is 7.36. The van der Waals surface area contributed by atoms with Gasteiger partial charge in [0.15, 0.2) is 0 Å². The molecule has 0 unspecified atom stereocenters. The third-order valence-electron chi connectivity index (χ3n) is 5.26. The van der Waals surface area contributed by atoms with Gasteiger partial charge < -0.3 is 19.7 Å². The van der Waals surface area contributed by atoms with Crippen molar-refractivity contribution in [1.29, 1.82) is 0 Å². The van der Waals surface area contributed by atoms with Crippen LogP contribution in [0.2, 0.25) is 0 Å². The minimum absolute atomic E-state index is 0.0980. The number of tetrazole rings is 1. The van der Waals surface area contributed by atoms with Crippen molar-refractivity contribution in [2.45, 2.75) is 44.8 Å². The van der Waals surface area contributed by atoms with Crippen LogP contribution in [0, 0.1) is 6.92 Å². The lowest BCUT2D eigenvalue weighted by molar-refractivity contribution is 0.0524. The fraction of sp³-hybridized carbons (Fsp3) is 0.579. The highest BCUT2D eigenvalue weighted by Gasteiger charge is 2.27. The van der Waals surface area contributed by atoms with E-state index in [1.54, 1.807) is 4.68 Å². The molecule has 4 rings (SSSR count). The molecule has 28 heavy (non-hydrogen) atoms. The molecule has 9 heteroatoms. The fourth-order valence-corrected chi connectivity index (χ4v) is 3.67. The van der Waals surface area contributed by atoms with Crippen molar-refractivity contribution < 1.29 is 14.3 Å². The molecule has 2 aliphatic heterocycles. The van der Waals surface area contributed by atoms with Crippen LogP contribution in [0.3, 0.4) is 0 Å². The number of nitrogens with one attached hydrogen (secondary N) is 1. The summed E-state index contributed by atoms with van der Waals surface area (Å²) < 4.78 is 13.1. The average molecular weight is 386 g/mol. The van der Waals surface area contributed by atoms with Gasteiger partial charge >= 0.3 is 6.03 Å². The van der Waals surface area contributed by atoms with Crippen LogP contribution in [0.4, 0.5) is 10.5 Å².